The molecule has 2 heterocycles. The van der Waals surface area contributed by atoms with Crippen LogP contribution in [0.15, 0.2) is 34.6 Å². The first-order valence-electron chi connectivity index (χ1n) is 5.23. The molecule has 0 aromatic carbocycles. The molecule has 0 aliphatic rings. The SMILES string of the molecule is Cc1cc(Sc2cnccn2)c(C(=O)O)c(C)n1. The number of hydrogen-bond acceptors (Lipinski definition) is 5. The summed E-state index contributed by atoms with van der Waals surface area (Å²) in [7, 11) is 0. The molecule has 1 N–H and O–H groups in total. The molecule has 0 saturated heterocycles. The smallest absolute Gasteiger partial charge is 0.338 e. The fourth-order valence-electron chi connectivity index (χ4n) is 1.58. The molecule has 0 aliphatic heterocycles. The Morgan fingerprint density at radius 3 is 2.72 bits per heavy atom. The largest absolute Gasteiger partial charge is 0.478 e. The Morgan fingerprint density at radius 2 is 2.11 bits per heavy atom. The first-order chi connectivity index (χ1) is 8.58. The highest BCUT2D eigenvalue weighted by molar-refractivity contribution is 7.99. The van der Waals surface area contributed by atoms with Crippen molar-refractivity contribution in [2.75, 3.05) is 0 Å². The van der Waals surface area contributed by atoms with Crippen LogP contribution in [0.4, 0.5) is 0 Å². The average Bonchev–Trinajstić information content (AvgIpc) is 2.28. The third kappa shape index (κ3) is 2.65. The van der Waals surface area contributed by atoms with Crippen LogP contribution in [-0.4, -0.2) is 26.0 Å². The van der Waals surface area contributed by atoms with Crippen molar-refractivity contribution in [3.05, 3.63) is 41.6 Å². The van der Waals surface area contributed by atoms with Crippen LogP contribution >= 0.6 is 11.8 Å². The van der Waals surface area contributed by atoms with E-state index in [2.05, 4.69) is 15.0 Å². The minimum Gasteiger partial charge on any atom is -0.478 e. The van der Waals surface area contributed by atoms with Gasteiger partial charge < -0.3 is 5.11 Å². The van der Waals surface area contributed by atoms with Crippen LogP contribution in [0.3, 0.4) is 0 Å². The van der Waals surface area contributed by atoms with Gasteiger partial charge in [-0.1, -0.05) is 11.8 Å². The predicted molar refractivity (Wildman–Crippen MR) is 66.8 cm³/mol. The van der Waals surface area contributed by atoms with E-state index in [1.807, 2.05) is 6.92 Å². The Hall–Kier alpha value is -1.95. The van der Waals surface area contributed by atoms with Gasteiger partial charge in [-0.3, -0.25) is 9.97 Å². The zero-order valence-corrected chi connectivity index (χ0v) is 10.7. The number of nitrogens with zero attached hydrogens (tertiary/aromatic N) is 3. The van der Waals surface area contributed by atoms with Crippen molar-refractivity contribution in [3.63, 3.8) is 0 Å². The lowest BCUT2D eigenvalue weighted by atomic mass is 10.2. The first kappa shape index (κ1) is 12.5. The van der Waals surface area contributed by atoms with Crippen LogP contribution in [0.2, 0.25) is 0 Å². The molecule has 0 radical (unpaired) electrons. The molecule has 5 nitrogen and oxygen atoms in total. The Balaban J connectivity index is 2.46. The van der Waals surface area contributed by atoms with Gasteiger partial charge in [0, 0.05) is 23.0 Å². The van der Waals surface area contributed by atoms with E-state index in [-0.39, 0.29) is 5.56 Å². The first-order valence-corrected chi connectivity index (χ1v) is 6.05. The third-order valence-electron chi connectivity index (χ3n) is 2.26. The summed E-state index contributed by atoms with van der Waals surface area (Å²) in [6, 6.07) is 1.75. The van der Waals surface area contributed by atoms with E-state index < -0.39 is 5.97 Å². The number of carboxylic acids is 1. The van der Waals surface area contributed by atoms with E-state index in [4.69, 9.17) is 0 Å². The number of carbonyl (C=O) groups is 1. The quantitative estimate of drug-likeness (QED) is 0.913. The summed E-state index contributed by atoms with van der Waals surface area (Å²) in [6.45, 7) is 3.52. The van der Waals surface area contributed by atoms with Gasteiger partial charge in [0.1, 0.15) is 5.03 Å². The summed E-state index contributed by atoms with van der Waals surface area (Å²) in [5.74, 6) is -0.980. The van der Waals surface area contributed by atoms with Gasteiger partial charge in [-0.05, 0) is 19.9 Å². The fourth-order valence-corrected chi connectivity index (χ4v) is 2.60. The van der Waals surface area contributed by atoms with Crippen molar-refractivity contribution in [1.29, 1.82) is 0 Å². The zero-order chi connectivity index (χ0) is 13.1. The second-order valence-electron chi connectivity index (χ2n) is 3.67. The highest BCUT2D eigenvalue weighted by atomic mass is 32.2. The topological polar surface area (TPSA) is 76.0 Å². The molecule has 0 atom stereocenters. The van der Waals surface area contributed by atoms with E-state index in [9.17, 15) is 9.90 Å². The Morgan fingerprint density at radius 1 is 1.33 bits per heavy atom. The maximum atomic E-state index is 11.3. The Labute approximate surface area is 108 Å². The summed E-state index contributed by atoms with van der Waals surface area (Å²) < 4.78 is 0. The van der Waals surface area contributed by atoms with Crippen molar-refractivity contribution in [2.45, 2.75) is 23.8 Å². The third-order valence-corrected chi connectivity index (χ3v) is 3.22. The molecule has 0 fully saturated rings. The van der Waals surface area contributed by atoms with Gasteiger partial charge in [-0.25, -0.2) is 9.78 Å². The summed E-state index contributed by atoms with van der Waals surface area (Å²) in [5, 5.41) is 9.88. The molecule has 2 aromatic rings. The molecule has 2 rings (SSSR count). The number of pyridine rings is 1. The highest BCUT2D eigenvalue weighted by Gasteiger charge is 2.16. The van der Waals surface area contributed by atoms with E-state index in [1.54, 1.807) is 31.6 Å². The molecule has 0 aliphatic carbocycles. The lowest BCUT2D eigenvalue weighted by molar-refractivity contribution is 0.0691. The lowest BCUT2D eigenvalue weighted by Crippen LogP contribution is -2.05. The van der Waals surface area contributed by atoms with Crippen LogP contribution in [-0.2, 0) is 0 Å². The number of aromatic carboxylic acids is 1. The monoisotopic (exact) mass is 261 g/mol. The molecular weight excluding hydrogens is 250 g/mol. The Bertz CT molecular complexity index is 587. The molecule has 0 amide bonds. The normalized spacial score (nSPS) is 10.3. The molecule has 0 bridgehead atoms. The standard InChI is InChI=1S/C12H11N3O2S/c1-7-5-9(11(12(16)17)8(2)15-7)18-10-6-13-3-4-14-10/h3-6H,1-2H3,(H,16,17). The van der Waals surface area contributed by atoms with Crippen LogP contribution in [0.1, 0.15) is 21.7 Å². The van der Waals surface area contributed by atoms with E-state index in [0.29, 0.717) is 15.6 Å². The number of hydrogen-bond donors (Lipinski definition) is 1. The molecule has 0 saturated carbocycles. The van der Waals surface area contributed by atoms with Crippen molar-refractivity contribution < 1.29 is 9.90 Å². The van der Waals surface area contributed by atoms with Gasteiger partial charge in [0.2, 0.25) is 0 Å². The fraction of sp³-hybridized carbons (Fsp3) is 0.167. The van der Waals surface area contributed by atoms with Crippen LogP contribution in [0, 0.1) is 13.8 Å². The van der Waals surface area contributed by atoms with Gasteiger partial charge >= 0.3 is 5.97 Å². The van der Waals surface area contributed by atoms with E-state index in [1.165, 1.54) is 11.8 Å². The number of aryl methyl sites for hydroxylation is 2. The van der Waals surface area contributed by atoms with E-state index >= 15 is 0 Å². The summed E-state index contributed by atoms with van der Waals surface area (Å²) in [4.78, 5) is 24.1. The minimum atomic E-state index is -0.980. The minimum absolute atomic E-state index is 0.219. The second kappa shape index (κ2) is 5.14. The number of carboxylic acid groups (broad SMARTS) is 1. The number of rotatable bonds is 3. The molecule has 0 unspecified atom stereocenters. The van der Waals surface area contributed by atoms with Gasteiger partial charge in [0.25, 0.3) is 0 Å². The summed E-state index contributed by atoms with van der Waals surface area (Å²) in [5.41, 5.74) is 1.51. The highest BCUT2D eigenvalue weighted by Crippen LogP contribution is 2.30. The molecular formula is C12H11N3O2S. The van der Waals surface area contributed by atoms with E-state index in [0.717, 1.165) is 5.69 Å². The van der Waals surface area contributed by atoms with Crippen LogP contribution in [0.25, 0.3) is 0 Å². The maximum absolute atomic E-state index is 11.3. The average molecular weight is 261 g/mol. The van der Waals surface area contributed by atoms with Crippen molar-refractivity contribution in [1.82, 2.24) is 15.0 Å². The van der Waals surface area contributed by atoms with Crippen LogP contribution < -0.4 is 0 Å². The number of aromatic nitrogens is 3. The summed E-state index contributed by atoms with van der Waals surface area (Å²) in [6.07, 6.45) is 4.75. The molecule has 92 valence electrons. The molecule has 0 spiro atoms. The zero-order valence-electron chi connectivity index (χ0n) is 9.91. The van der Waals surface area contributed by atoms with Crippen molar-refractivity contribution in [2.24, 2.45) is 0 Å². The maximum Gasteiger partial charge on any atom is 0.338 e. The van der Waals surface area contributed by atoms with Gasteiger partial charge in [-0.15, -0.1) is 0 Å². The van der Waals surface area contributed by atoms with Gasteiger partial charge in [0.05, 0.1) is 17.5 Å². The second-order valence-corrected chi connectivity index (χ2v) is 4.74. The summed E-state index contributed by atoms with van der Waals surface area (Å²) >= 11 is 1.28. The van der Waals surface area contributed by atoms with Crippen LogP contribution in [0.5, 0.6) is 0 Å². The van der Waals surface area contributed by atoms with Gasteiger partial charge in [-0.2, -0.15) is 0 Å². The van der Waals surface area contributed by atoms with Crippen molar-refractivity contribution >= 4 is 17.7 Å². The van der Waals surface area contributed by atoms with Crippen molar-refractivity contribution in [3.8, 4) is 0 Å². The molecule has 6 heteroatoms. The predicted octanol–water partition coefficient (Wildman–Crippen LogP) is 2.34. The lowest BCUT2D eigenvalue weighted by Gasteiger charge is -2.08. The molecule has 2 aromatic heterocycles. The Kier molecular flexibility index (Phi) is 3.57. The van der Waals surface area contributed by atoms with Gasteiger partial charge in [0.15, 0.2) is 0 Å². The molecule has 18 heavy (non-hydrogen) atoms.